The maximum Gasteiger partial charge on any atom is 0.142 e. The molecular formula is C31H26F2N4O. The summed E-state index contributed by atoms with van der Waals surface area (Å²) in [5.41, 5.74) is 6.02. The second kappa shape index (κ2) is 8.91. The number of pyridine rings is 1. The molecule has 5 nitrogen and oxygen atoms in total. The molecule has 3 atom stereocenters. The van der Waals surface area contributed by atoms with Crippen LogP contribution in [0.5, 0.6) is 0 Å². The number of hydrogen-bond donors (Lipinski definition) is 1. The summed E-state index contributed by atoms with van der Waals surface area (Å²) in [6.07, 6.45) is 4.82. The summed E-state index contributed by atoms with van der Waals surface area (Å²) in [4.78, 5) is 3.95. The maximum absolute atomic E-state index is 13.8. The minimum atomic E-state index is -0.444. The van der Waals surface area contributed by atoms with E-state index in [2.05, 4.69) is 18.0 Å². The number of halogens is 2. The summed E-state index contributed by atoms with van der Waals surface area (Å²) in [6, 6.07) is 17.7. The van der Waals surface area contributed by atoms with Gasteiger partial charge in [0.15, 0.2) is 0 Å². The van der Waals surface area contributed by atoms with Gasteiger partial charge in [0, 0.05) is 34.2 Å². The summed E-state index contributed by atoms with van der Waals surface area (Å²) in [5.74, 6) is -0.543. The molecule has 0 aliphatic heterocycles. The van der Waals surface area contributed by atoms with Gasteiger partial charge in [-0.15, -0.1) is 0 Å². The SMILES string of the molecule is C[C@H]1C(O)=C(C#N)C[C@@]2(C)c3c(c(-c4ccc(F)cc4)nn3-c3ccc(-c4cncc(F)c4)cc3)CC[C@H]12. The lowest BCUT2D eigenvalue weighted by Gasteiger charge is -2.47. The van der Waals surface area contributed by atoms with E-state index in [4.69, 9.17) is 5.10 Å². The molecule has 0 radical (unpaired) electrons. The van der Waals surface area contributed by atoms with Crippen LogP contribution in [-0.4, -0.2) is 19.9 Å². The molecule has 38 heavy (non-hydrogen) atoms. The summed E-state index contributed by atoms with van der Waals surface area (Å²) < 4.78 is 29.4. The average Bonchev–Trinajstić information content (AvgIpc) is 3.32. The monoisotopic (exact) mass is 508 g/mol. The molecule has 0 fully saturated rings. The normalized spacial score (nSPS) is 22.5. The van der Waals surface area contributed by atoms with Crippen molar-refractivity contribution in [2.24, 2.45) is 11.8 Å². The molecule has 6 rings (SSSR count). The fourth-order valence-corrected chi connectivity index (χ4v) is 6.50. The van der Waals surface area contributed by atoms with Crippen LogP contribution >= 0.6 is 0 Å². The number of rotatable bonds is 3. The number of nitriles is 1. The molecule has 0 amide bonds. The Bertz CT molecular complexity index is 1620. The van der Waals surface area contributed by atoms with Crippen molar-refractivity contribution in [2.75, 3.05) is 0 Å². The van der Waals surface area contributed by atoms with Gasteiger partial charge in [-0.2, -0.15) is 10.4 Å². The molecule has 0 saturated carbocycles. The topological polar surface area (TPSA) is 74.7 Å². The molecule has 2 aromatic carbocycles. The Morgan fingerprint density at radius 1 is 1.00 bits per heavy atom. The lowest BCUT2D eigenvalue weighted by Crippen LogP contribution is -2.45. The van der Waals surface area contributed by atoms with Gasteiger partial charge in [0.05, 0.1) is 34.9 Å². The van der Waals surface area contributed by atoms with Crippen molar-refractivity contribution in [2.45, 2.75) is 38.5 Å². The van der Waals surface area contributed by atoms with Gasteiger partial charge in [0.25, 0.3) is 0 Å². The minimum Gasteiger partial charge on any atom is -0.511 e. The molecule has 2 aliphatic rings. The van der Waals surface area contributed by atoms with Crippen LogP contribution in [0.1, 0.15) is 37.9 Å². The number of aromatic nitrogens is 3. The fraction of sp³-hybridized carbons (Fsp3) is 0.258. The number of allylic oxidation sites excluding steroid dienone is 2. The quantitative estimate of drug-likeness (QED) is 0.321. The molecule has 190 valence electrons. The third kappa shape index (κ3) is 3.71. The van der Waals surface area contributed by atoms with Crippen LogP contribution in [0.15, 0.2) is 78.3 Å². The molecule has 4 aromatic rings. The van der Waals surface area contributed by atoms with Crippen LogP contribution in [0.4, 0.5) is 8.78 Å². The summed E-state index contributed by atoms with van der Waals surface area (Å²) in [5, 5.41) is 25.7. The van der Waals surface area contributed by atoms with E-state index in [1.165, 1.54) is 24.4 Å². The van der Waals surface area contributed by atoms with Crippen molar-refractivity contribution in [3.05, 3.63) is 101 Å². The van der Waals surface area contributed by atoms with Gasteiger partial charge in [-0.1, -0.05) is 26.0 Å². The van der Waals surface area contributed by atoms with Gasteiger partial charge < -0.3 is 5.11 Å². The van der Waals surface area contributed by atoms with Gasteiger partial charge in [0.2, 0.25) is 0 Å². The van der Waals surface area contributed by atoms with Gasteiger partial charge in [-0.25, -0.2) is 13.5 Å². The van der Waals surface area contributed by atoms with Crippen LogP contribution < -0.4 is 0 Å². The standard InChI is InChI=1S/C31H26F2N4O/c1-18-27-12-11-26-28(20-3-7-23(32)8-4-20)36-37(30(26)31(27,2)14-22(15-34)29(18)38)25-9-5-19(6-10-25)21-13-24(33)17-35-16-21/h3-10,13,16-18,27,38H,11-12,14H2,1-2H3/t18-,27-,31-/m1/s1. The number of benzene rings is 2. The van der Waals surface area contributed by atoms with Gasteiger partial charge in [-0.3, -0.25) is 4.98 Å². The molecule has 0 unspecified atom stereocenters. The first-order chi connectivity index (χ1) is 18.3. The lowest BCUT2D eigenvalue weighted by molar-refractivity contribution is 0.134. The van der Waals surface area contributed by atoms with Crippen LogP contribution in [0, 0.1) is 34.8 Å². The Morgan fingerprint density at radius 2 is 1.71 bits per heavy atom. The van der Waals surface area contributed by atoms with E-state index in [-0.39, 0.29) is 23.4 Å². The smallest absolute Gasteiger partial charge is 0.142 e. The highest BCUT2D eigenvalue weighted by atomic mass is 19.1. The number of aliphatic hydroxyl groups excluding tert-OH is 1. The summed E-state index contributed by atoms with van der Waals surface area (Å²) in [7, 11) is 0. The first-order valence-corrected chi connectivity index (χ1v) is 12.7. The van der Waals surface area contributed by atoms with E-state index in [0.29, 0.717) is 17.6 Å². The van der Waals surface area contributed by atoms with Crippen LogP contribution in [-0.2, 0) is 11.8 Å². The van der Waals surface area contributed by atoms with Crippen molar-refractivity contribution < 1.29 is 13.9 Å². The van der Waals surface area contributed by atoms with Crippen molar-refractivity contribution >= 4 is 0 Å². The summed E-state index contributed by atoms with van der Waals surface area (Å²) in [6.45, 7) is 4.15. The second-order valence-electron chi connectivity index (χ2n) is 10.5. The largest absolute Gasteiger partial charge is 0.511 e. The zero-order valence-corrected chi connectivity index (χ0v) is 21.1. The van der Waals surface area contributed by atoms with Crippen molar-refractivity contribution in [1.29, 1.82) is 5.26 Å². The second-order valence-corrected chi connectivity index (χ2v) is 10.5. The third-order valence-electron chi connectivity index (χ3n) is 8.34. The Balaban J connectivity index is 1.54. The Morgan fingerprint density at radius 3 is 2.39 bits per heavy atom. The third-order valence-corrected chi connectivity index (χ3v) is 8.34. The highest BCUT2D eigenvalue weighted by Gasteiger charge is 2.51. The maximum atomic E-state index is 13.8. The summed E-state index contributed by atoms with van der Waals surface area (Å²) >= 11 is 0. The van der Waals surface area contributed by atoms with Crippen LogP contribution in [0.2, 0.25) is 0 Å². The first kappa shape index (κ1) is 24.1. The van der Waals surface area contributed by atoms with Crippen molar-refractivity contribution in [1.82, 2.24) is 14.8 Å². The van der Waals surface area contributed by atoms with Gasteiger partial charge in [-0.05, 0) is 73.2 Å². The van der Waals surface area contributed by atoms with Crippen LogP contribution in [0.3, 0.4) is 0 Å². The van der Waals surface area contributed by atoms with Gasteiger partial charge in [0.1, 0.15) is 17.4 Å². The predicted molar refractivity (Wildman–Crippen MR) is 140 cm³/mol. The van der Waals surface area contributed by atoms with E-state index >= 15 is 0 Å². The zero-order valence-electron chi connectivity index (χ0n) is 21.1. The van der Waals surface area contributed by atoms with E-state index in [1.807, 2.05) is 35.9 Å². The molecule has 2 aliphatic carbocycles. The molecular weight excluding hydrogens is 482 g/mol. The number of hydrogen-bond acceptors (Lipinski definition) is 4. The molecule has 0 saturated heterocycles. The van der Waals surface area contributed by atoms with E-state index < -0.39 is 11.2 Å². The zero-order chi connectivity index (χ0) is 26.6. The lowest BCUT2D eigenvalue weighted by atomic mass is 9.56. The Labute approximate surface area is 219 Å². The Hall–Kier alpha value is -4.31. The van der Waals surface area contributed by atoms with E-state index in [9.17, 15) is 19.1 Å². The fourth-order valence-electron chi connectivity index (χ4n) is 6.50. The molecule has 2 aromatic heterocycles. The molecule has 0 bridgehead atoms. The number of fused-ring (bicyclic) bond motifs is 3. The predicted octanol–water partition coefficient (Wildman–Crippen LogP) is 7.08. The van der Waals surface area contributed by atoms with E-state index in [0.717, 1.165) is 46.6 Å². The Kier molecular flexibility index (Phi) is 5.64. The minimum absolute atomic E-state index is 0.126. The molecule has 7 heteroatoms. The average molecular weight is 509 g/mol. The van der Waals surface area contributed by atoms with Crippen LogP contribution in [0.25, 0.3) is 28.1 Å². The molecule has 2 heterocycles. The molecule has 1 N–H and O–H groups in total. The van der Waals surface area contributed by atoms with Crippen molar-refractivity contribution in [3.8, 4) is 34.1 Å². The van der Waals surface area contributed by atoms with Crippen molar-refractivity contribution in [3.63, 3.8) is 0 Å². The molecule has 0 spiro atoms. The highest BCUT2D eigenvalue weighted by molar-refractivity contribution is 5.68. The van der Waals surface area contributed by atoms with E-state index in [1.54, 1.807) is 18.3 Å². The number of aliphatic hydroxyl groups is 1. The first-order valence-electron chi connectivity index (χ1n) is 12.7. The van der Waals surface area contributed by atoms with Gasteiger partial charge >= 0.3 is 0 Å². The number of nitrogens with zero attached hydrogens (tertiary/aromatic N) is 4. The highest BCUT2D eigenvalue weighted by Crippen LogP contribution is 2.55.